The molecular formula is C13H25NO2. The van der Waals surface area contributed by atoms with Crippen molar-refractivity contribution in [3.8, 4) is 0 Å². The lowest BCUT2D eigenvalue weighted by Crippen LogP contribution is -2.39. The Kier molecular flexibility index (Phi) is 4.93. The quantitative estimate of drug-likeness (QED) is 0.720. The van der Waals surface area contributed by atoms with Gasteiger partial charge in [0.2, 0.25) is 0 Å². The number of piperidine rings is 1. The summed E-state index contributed by atoms with van der Waals surface area (Å²) in [6.07, 6.45) is 3.11. The first-order valence-corrected chi connectivity index (χ1v) is 6.22. The first kappa shape index (κ1) is 13.7. The summed E-state index contributed by atoms with van der Waals surface area (Å²) in [6.45, 7) is 9.15. The first-order valence-electron chi connectivity index (χ1n) is 6.22. The molecule has 1 heterocycles. The predicted octanol–water partition coefficient (Wildman–Crippen LogP) is 2.10. The van der Waals surface area contributed by atoms with Gasteiger partial charge < -0.3 is 9.64 Å². The first-order chi connectivity index (χ1) is 7.44. The van der Waals surface area contributed by atoms with E-state index in [2.05, 4.69) is 18.7 Å². The van der Waals surface area contributed by atoms with Crippen LogP contribution in [0.15, 0.2) is 0 Å². The molecule has 0 aromatic heterocycles. The van der Waals surface area contributed by atoms with E-state index in [0.29, 0.717) is 11.7 Å². The van der Waals surface area contributed by atoms with Gasteiger partial charge in [0.15, 0.2) is 0 Å². The van der Waals surface area contributed by atoms with Crippen LogP contribution in [-0.2, 0) is 9.53 Å². The van der Waals surface area contributed by atoms with Crippen molar-refractivity contribution in [1.82, 2.24) is 4.90 Å². The summed E-state index contributed by atoms with van der Waals surface area (Å²) in [7, 11) is 1.77. The molecule has 1 fully saturated rings. The van der Waals surface area contributed by atoms with Crippen LogP contribution in [0.5, 0.6) is 0 Å². The van der Waals surface area contributed by atoms with Crippen molar-refractivity contribution in [2.24, 2.45) is 5.92 Å². The maximum absolute atomic E-state index is 11.2. The van der Waals surface area contributed by atoms with E-state index in [-0.39, 0.29) is 5.60 Å². The van der Waals surface area contributed by atoms with Crippen molar-refractivity contribution in [2.75, 3.05) is 26.7 Å². The van der Waals surface area contributed by atoms with Crippen LogP contribution in [0.2, 0.25) is 0 Å². The number of carbonyl (C=O) groups excluding carboxylic acids is 1. The average Bonchev–Trinajstić information content (AvgIpc) is 2.27. The number of hydrogen-bond acceptors (Lipinski definition) is 3. The molecule has 94 valence electrons. The van der Waals surface area contributed by atoms with E-state index in [9.17, 15) is 4.79 Å². The molecule has 0 bridgehead atoms. The molecule has 0 spiro atoms. The number of ether oxygens (including phenoxy) is 1. The molecule has 0 aromatic carbocycles. The zero-order valence-corrected chi connectivity index (χ0v) is 11.1. The molecule has 0 amide bonds. The second-order valence-electron chi connectivity index (χ2n) is 5.44. The third kappa shape index (κ3) is 4.22. The highest BCUT2D eigenvalue weighted by atomic mass is 16.5. The van der Waals surface area contributed by atoms with E-state index < -0.39 is 0 Å². The zero-order chi connectivity index (χ0) is 12.2. The largest absolute Gasteiger partial charge is 0.379 e. The number of ketones is 1. The van der Waals surface area contributed by atoms with E-state index in [1.807, 2.05) is 0 Å². The number of methoxy groups -OCH3 is 1. The van der Waals surface area contributed by atoms with Gasteiger partial charge in [-0.1, -0.05) is 0 Å². The highest BCUT2D eigenvalue weighted by Gasteiger charge is 2.24. The van der Waals surface area contributed by atoms with Crippen molar-refractivity contribution in [2.45, 2.75) is 45.6 Å². The fourth-order valence-electron chi connectivity index (χ4n) is 2.09. The Morgan fingerprint density at radius 1 is 1.38 bits per heavy atom. The summed E-state index contributed by atoms with van der Waals surface area (Å²) < 4.78 is 5.41. The highest BCUT2D eigenvalue weighted by molar-refractivity contribution is 5.78. The standard InChI is InChI=1S/C13H25NO2/c1-11(15)12-5-8-14(9-6-12)10-7-13(2,3)16-4/h12H,5-10H2,1-4H3. The van der Waals surface area contributed by atoms with Crippen LogP contribution in [0.4, 0.5) is 0 Å². The van der Waals surface area contributed by atoms with Gasteiger partial charge in [0.25, 0.3) is 0 Å². The van der Waals surface area contributed by atoms with Crippen LogP contribution < -0.4 is 0 Å². The molecule has 1 saturated heterocycles. The van der Waals surface area contributed by atoms with Gasteiger partial charge in [0, 0.05) is 19.6 Å². The Hall–Kier alpha value is -0.410. The fraction of sp³-hybridized carbons (Fsp3) is 0.923. The van der Waals surface area contributed by atoms with Crippen LogP contribution in [0.25, 0.3) is 0 Å². The van der Waals surface area contributed by atoms with Crippen molar-refractivity contribution in [3.63, 3.8) is 0 Å². The molecule has 0 aromatic rings. The van der Waals surface area contributed by atoms with Gasteiger partial charge in [-0.05, 0) is 53.1 Å². The maximum atomic E-state index is 11.2. The lowest BCUT2D eigenvalue weighted by molar-refractivity contribution is -0.122. The number of Topliss-reactive ketones (excluding diaryl/α,β-unsaturated/α-hetero) is 1. The predicted molar refractivity (Wildman–Crippen MR) is 65.6 cm³/mol. The van der Waals surface area contributed by atoms with Gasteiger partial charge >= 0.3 is 0 Å². The number of likely N-dealkylation sites (tertiary alicyclic amines) is 1. The Bertz CT molecular complexity index is 230. The van der Waals surface area contributed by atoms with E-state index in [4.69, 9.17) is 4.74 Å². The highest BCUT2D eigenvalue weighted by Crippen LogP contribution is 2.20. The number of nitrogens with zero attached hydrogens (tertiary/aromatic N) is 1. The lowest BCUT2D eigenvalue weighted by atomic mass is 9.93. The van der Waals surface area contributed by atoms with Gasteiger partial charge in [-0.2, -0.15) is 0 Å². The Morgan fingerprint density at radius 2 is 1.94 bits per heavy atom. The molecule has 0 aliphatic carbocycles. The zero-order valence-electron chi connectivity index (χ0n) is 11.1. The van der Waals surface area contributed by atoms with Gasteiger partial charge in [-0.3, -0.25) is 4.79 Å². The van der Waals surface area contributed by atoms with Gasteiger partial charge in [-0.15, -0.1) is 0 Å². The minimum absolute atomic E-state index is 0.0303. The van der Waals surface area contributed by atoms with Gasteiger partial charge in [-0.25, -0.2) is 0 Å². The van der Waals surface area contributed by atoms with E-state index in [1.54, 1.807) is 14.0 Å². The van der Waals surface area contributed by atoms with E-state index in [0.717, 1.165) is 38.9 Å². The van der Waals surface area contributed by atoms with Crippen molar-refractivity contribution >= 4 is 5.78 Å². The lowest BCUT2D eigenvalue weighted by Gasteiger charge is -2.33. The molecule has 1 aliphatic heterocycles. The third-order valence-corrected chi connectivity index (χ3v) is 3.75. The number of hydrogen-bond donors (Lipinski definition) is 0. The molecule has 0 saturated carbocycles. The normalized spacial score (nSPS) is 20.0. The second-order valence-corrected chi connectivity index (χ2v) is 5.44. The fourth-order valence-corrected chi connectivity index (χ4v) is 2.09. The topological polar surface area (TPSA) is 29.5 Å². The number of carbonyl (C=O) groups is 1. The molecule has 0 unspecified atom stereocenters. The molecule has 1 rings (SSSR count). The minimum Gasteiger partial charge on any atom is -0.379 e. The van der Waals surface area contributed by atoms with E-state index >= 15 is 0 Å². The summed E-state index contributed by atoms with van der Waals surface area (Å²) in [6, 6.07) is 0. The molecule has 3 nitrogen and oxygen atoms in total. The Balaban J connectivity index is 2.25. The van der Waals surface area contributed by atoms with Crippen molar-refractivity contribution < 1.29 is 9.53 Å². The minimum atomic E-state index is -0.0303. The van der Waals surface area contributed by atoms with Crippen LogP contribution >= 0.6 is 0 Å². The Morgan fingerprint density at radius 3 is 2.38 bits per heavy atom. The number of rotatable bonds is 5. The SMILES string of the molecule is COC(C)(C)CCN1CCC(C(C)=O)CC1. The monoisotopic (exact) mass is 227 g/mol. The van der Waals surface area contributed by atoms with Crippen molar-refractivity contribution in [1.29, 1.82) is 0 Å². The third-order valence-electron chi connectivity index (χ3n) is 3.75. The molecule has 0 atom stereocenters. The molecule has 3 heteroatoms. The summed E-state index contributed by atoms with van der Waals surface area (Å²) >= 11 is 0. The Labute approximate surface area is 99.1 Å². The summed E-state index contributed by atoms with van der Waals surface area (Å²) in [5.41, 5.74) is -0.0303. The molecule has 0 radical (unpaired) electrons. The smallest absolute Gasteiger partial charge is 0.133 e. The average molecular weight is 227 g/mol. The van der Waals surface area contributed by atoms with Crippen LogP contribution in [-0.4, -0.2) is 43.0 Å². The summed E-state index contributed by atoms with van der Waals surface area (Å²) in [5, 5.41) is 0. The van der Waals surface area contributed by atoms with Gasteiger partial charge in [0.05, 0.1) is 5.60 Å². The van der Waals surface area contributed by atoms with Gasteiger partial charge in [0.1, 0.15) is 5.78 Å². The summed E-state index contributed by atoms with van der Waals surface area (Å²) in [5.74, 6) is 0.670. The molecule has 1 aliphatic rings. The van der Waals surface area contributed by atoms with Crippen LogP contribution in [0, 0.1) is 5.92 Å². The molecule has 0 N–H and O–H groups in total. The second kappa shape index (κ2) is 5.78. The maximum Gasteiger partial charge on any atom is 0.133 e. The van der Waals surface area contributed by atoms with Crippen LogP contribution in [0.3, 0.4) is 0 Å². The van der Waals surface area contributed by atoms with Crippen LogP contribution in [0.1, 0.15) is 40.0 Å². The summed E-state index contributed by atoms with van der Waals surface area (Å²) in [4.78, 5) is 13.7. The molecular weight excluding hydrogens is 202 g/mol. The molecule has 16 heavy (non-hydrogen) atoms. The van der Waals surface area contributed by atoms with E-state index in [1.165, 1.54) is 0 Å². The van der Waals surface area contributed by atoms with Crippen molar-refractivity contribution in [3.05, 3.63) is 0 Å².